The first-order chi connectivity index (χ1) is 11.6. The molecule has 2 N–H and O–H groups in total. The fraction of sp³-hybridized carbons (Fsp3) is 0.0556. The van der Waals surface area contributed by atoms with E-state index in [2.05, 4.69) is 9.97 Å². The number of aromatic carboxylic acids is 1. The highest BCUT2D eigenvalue weighted by Crippen LogP contribution is 2.24. The van der Waals surface area contributed by atoms with Gasteiger partial charge in [-0.2, -0.15) is 0 Å². The molecule has 5 nitrogen and oxygen atoms in total. The fourth-order valence-electron chi connectivity index (χ4n) is 2.25. The Kier molecular flexibility index (Phi) is 4.77. The van der Waals surface area contributed by atoms with Crippen molar-refractivity contribution in [2.24, 2.45) is 0 Å². The Morgan fingerprint density at radius 3 is 2.29 bits per heavy atom. The summed E-state index contributed by atoms with van der Waals surface area (Å²) in [4.78, 5) is 30.6. The molecule has 6 heteroatoms. The van der Waals surface area contributed by atoms with Crippen molar-refractivity contribution in [2.75, 3.05) is 0 Å². The summed E-state index contributed by atoms with van der Waals surface area (Å²) in [5.74, 6) is -0.660. The van der Waals surface area contributed by atoms with Crippen molar-refractivity contribution < 1.29 is 9.90 Å². The lowest BCUT2D eigenvalue weighted by molar-refractivity contribution is 0.0695. The summed E-state index contributed by atoms with van der Waals surface area (Å²) in [5.41, 5.74) is 0.885. The summed E-state index contributed by atoms with van der Waals surface area (Å²) in [7, 11) is 0. The second-order valence-electron chi connectivity index (χ2n) is 5.04. The minimum atomic E-state index is -1.29. The number of carbonyl (C=O) groups is 1. The lowest BCUT2D eigenvalue weighted by Gasteiger charge is -2.08. The summed E-state index contributed by atoms with van der Waals surface area (Å²) in [6.07, 6.45) is 0. The minimum Gasteiger partial charge on any atom is -0.477 e. The third kappa shape index (κ3) is 3.55. The van der Waals surface area contributed by atoms with Gasteiger partial charge in [0.1, 0.15) is 0 Å². The molecule has 0 radical (unpaired) electrons. The first-order valence-corrected chi connectivity index (χ1v) is 8.23. The van der Waals surface area contributed by atoms with E-state index < -0.39 is 11.5 Å². The van der Waals surface area contributed by atoms with Gasteiger partial charge in [-0.25, -0.2) is 9.78 Å². The van der Waals surface area contributed by atoms with Crippen LogP contribution in [0, 0.1) is 0 Å². The number of hydrogen-bond acceptors (Lipinski definition) is 4. The van der Waals surface area contributed by atoms with Gasteiger partial charge >= 0.3 is 5.97 Å². The molecule has 0 aliphatic heterocycles. The van der Waals surface area contributed by atoms with Crippen LogP contribution in [0.1, 0.15) is 15.9 Å². The number of rotatable bonds is 5. The molecule has 1 heterocycles. The number of thioether (sulfide) groups is 1. The molecule has 0 spiro atoms. The highest BCUT2D eigenvalue weighted by molar-refractivity contribution is 7.98. The van der Waals surface area contributed by atoms with Crippen LogP contribution in [0.15, 0.2) is 70.6 Å². The van der Waals surface area contributed by atoms with E-state index in [1.54, 1.807) is 24.3 Å². The normalized spacial score (nSPS) is 10.5. The van der Waals surface area contributed by atoms with Gasteiger partial charge in [-0.15, -0.1) is 0 Å². The van der Waals surface area contributed by atoms with E-state index in [1.165, 1.54) is 11.8 Å². The van der Waals surface area contributed by atoms with Crippen molar-refractivity contribution in [1.82, 2.24) is 9.97 Å². The molecular formula is C18H14N2O3S. The summed E-state index contributed by atoms with van der Waals surface area (Å²) < 4.78 is 0. The van der Waals surface area contributed by atoms with Crippen LogP contribution in [-0.2, 0) is 5.75 Å². The van der Waals surface area contributed by atoms with Crippen molar-refractivity contribution in [3.8, 4) is 11.3 Å². The quantitative estimate of drug-likeness (QED) is 0.550. The predicted octanol–water partition coefficient (Wildman–Crippen LogP) is 3.43. The summed E-state index contributed by atoms with van der Waals surface area (Å²) >= 11 is 1.36. The van der Waals surface area contributed by atoms with Gasteiger partial charge < -0.3 is 10.1 Å². The molecule has 0 amide bonds. The summed E-state index contributed by atoms with van der Waals surface area (Å²) in [6, 6.07) is 18.6. The van der Waals surface area contributed by atoms with Crippen LogP contribution in [0.4, 0.5) is 0 Å². The molecule has 0 bridgehead atoms. The molecule has 0 atom stereocenters. The van der Waals surface area contributed by atoms with Gasteiger partial charge in [0, 0.05) is 11.3 Å². The van der Waals surface area contributed by atoms with Gasteiger partial charge in [0.05, 0.1) is 5.69 Å². The largest absolute Gasteiger partial charge is 0.477 e. The van der Waals surface area contributed by atoms with Crippen LogP contribution in [0.5, 0.6) is 0 Å². The van der Waals surface area contributed by atoms with Gasteiger partial charge in [-0.05, 0) is 5.56 Å². The number of hydrogen-bond donors (Lipinski definition) is 2. The molecule has 120 valence electrons. The zero-order chi connectivity index (χ0) is 16.9. The number of carboxylic acids is 1. The Bertz CT molecular complexity index is 909. The van der Waals surface area contributed by atoms with Gasteiger partial charge in [-0.1, -0.05) is 72.4 Å². The molecule has 2 aromatic carbocycles. The maximum Gasteiger partial charge on any atom is 0.343 e. The molecule has 0 saturated heterocycles. The second kappa shape index (κ2) is 7.14. The Labute approximate surface area is 142 Å². The van der Waals surface area contributed by atoms with Crippen LogP contribution in [-0.4, -0.2) is 21.0 Å². The number of nitrogens with zero attached hydrogens (tertiary/aromatic N) is 1. The van der Waals surface area contributed by atoms with Crippen molar-refractivity contribution in [3.63, 3.8) is 0 Å². The monoisotopic (exact) mass is 338 g/mol. The molecule has 0 aliphatic rings. The Hall–Kier alpha value is -2.86. The van der Waals surface area contributed by atoms with Gasteiger partial charge in [0.15, 0.2) is 10.7 Å². The third-order valence-corrected chi connectivity index (χ3v) is 4.32. The van der Waals surface area contributed by atoms with Crippen molar-refractivity contribution in [2.45, 2.75) is 10.9 Å². The minimum absolute atomic E-state index is 0.183. The molecule has 3 aromatic rings. The number of aromatic amines is 1. The maximum absolute atomic E-state index is 12.2. The number of nitrogens with one attached hydrogen (secondary N) is 1. The summed E-state index contributed by atoms with van der Waals surface area (Å²) in [6.45, 7) is 0. The Balaban J connectivity index is 1.99. The van der Waals surface area contributed by atoms with Crippen LogP contribution in [0.3, 0.4) is 0 Å². The van der Waals surface area contributed by atoms with E-state index >= 15 is 0 Å². The average Bonchev–Trinajstić information content (AvgIpc) is 2.60. The van der Waals surface area contributed by atoms with E-state index in [1.807, 2.05) is 36.4 Å². The van der Waals surface area contributed by atoms with Crippen LogP contribution >= 0.6 is 11.8 Å². The first kappa shape index (κ1) is 16.0. The first-order valence-electron chi connectivity index (χ1n) is 7.25. The molecular weight excluding hydrogens is 324 g/mol. The SMILES string of the molecule is O=C(O)c1c(-c2ccccc2)nc(SCc2ccccc2)[nH]c1=O. The van der Waals surface area contributed by atoms with Crippen LogP contribution < -0.4 is 5.56 Å². The van der Waals surface area contributed by atoms with E-state index in [0.29, 0.717) is 16.5 Å². The number of carboxylic acid groups (broad SMARTS) is 1. The number of benzene rings is 2. The second-order valence-corrected chi connectivity index (χ2v) is 6.00. The summed E-state index contributed by atoms with van der Waals surface area (Å²) in [5, 5.41) is 9.74. The zero-order valence-corrected chi connectivity index (χ0v) is 13.4. The third-order valence-electron chi connectivity index (χ3n) is 3.38. The molecule has 0 saturated carbocycles. The molecule has 3 rings (SSSR count). The lowest BCUT2D eigenvalue weighted by Crippen LogP contribution is -2.21. The highest BCUT2D eigenvalue weighted by Gasteiger charge is 2.19. The predicted molar refractivity (Wildman–Crippen MR) is 93.3 cm³/mol. The lowest BCUT2D eigenvalue weighted by atomic mass is 10.1. The van der Waals surface area contributed by atoms with E-state index in [0.717, 1.165) is 5.56 Å². The Morgan fingerprint density at radius 1 is 1.04 bits per heavy atom. The van der Waals surface area contributed by atoms with Crippen molar-refractivity contribution >= 4 is 17.7 Å². The maximum atomic E-state index is 12.2. The van der Waals surface area contributed by atoms with Gasteiger partial charge in [-0.3, -0.25) is 4.79 Å². The number of aromatic nitrogens is 2. The smallest absolute Gasteiger partial charge is 0.343 e. The van der Waals surface area contributed by atoms with E-state index in [4.69, 9.17) is 0 Å². The molecule has 0 aliphatic carbocycles. The number of H-pyrrole nitrogens is 1. The van der Waals surface area contributed by atoms with E-state index in [9.17, 15) is 14.7 Å². The van der Waals surface area contributed by atoms with Crippen LogP contribution in [0.25, 0.3) is 11.3 Å². The Morgan fingerprint density at radius 2 is 1.67 bits per heavy atom. The fourth-order valence-corrected chi connectivity index (χ4v) is 3.07. The van der Waals surface area contributed by atoms with Crippen molar-refractivity contribution in [3.05, 3.63) is 82.1 Å². The van der Waals surface area contributed by atoms with Gasteiger partial charge in [0.2, 0.25) is 0 Å². The van der Waals surface area contributed by atoms with Crippen molar-refractivity contribution in [1.29, 1.82) is 0 Å². The standard InChI is InChI=1S/C18H14N2O3S/c21-16-14(17(22)23)15(13-9-5-2-6-10-13)19-18(20-16)24-11-12-7-3-1-4-8-12/h1-10H,11H2,(H,22,23)(H,19,20,21). The average molecular weight is 338 g/mol. The topological polar surface area (TPSA) is 83.0 Å². The molecule has 1 aromatic heterocycles. The van der Waals surface area contributed by atoms with E-state index in [-0.39, 0.29) is 11.3 Å². The molecule has 0 fully saturated rings. The zero-order valence-electron chi connectivity index (χ0n) is 12.6. The molecule has 24 heavy (non-hydrogen) atoms. The van der Waals surface area contributed by atoms with Crippen LogP contribution in [0.2, 0.25) is 0 Å². The highest BCUT2D eigenvalue weighted by atomic mass is 32.2. The van der Waals surface area contributed by atoms with Gasteiger partial charge in [0.25, 0.3) is 5.56 Å². The molecule has 0 unspecified atom stereocenters.